The van der Waals surface area contributed by atoms with E-state index in [1.165, 1.54) is 23.1 Å². The van der Waals surface area contributed by atoms with Gasteiger partial charge in [0.1, 0.15) is 6.26 Å². The Hall–Kier alpha value is -2.50. The number of benzene rings is 1. The van der Waals surface area contributed by atoms with Crippen molar-refractivity contribution in [2.24, 2.45) is 0 Å². The lowest BCUT2D eigenvalue weighted by molar-refractivity contribution is 0.00187. The fraction of sp³-hybridized carbons (Fsp3) is 0.643. The van der Waals surface area contributed by atoms with Crippen LogP contribution in [0, 0.1) is 13.8 Å². The minimum atomic E-state index is -0.345. The van der Waals surface area contributed by atoms with Crippen LogP contribution < -0.4 is 4.90 Å². The van der Waals surface area contributed by atoms with E-state index in [9.17, 15) is 9.90 Å². The molecule has 0 aliphatic carbocycles. The van der Waals surface area contributed by atoms with Crippen LogP contribution in [0.4, 0.5) is 5.69 Å². The second-order valence-corrected chi connectivity index (χ2v) is 10.8. The predicted molar refractivity (Wildman–Crippen MR) is 146 cm³/mol. The second kappa shape index (κ2) is 12.6. The van der Waals surface area contributed by atoms with E-state index in [0.717, 1.165) is 65.6 Å². The Morgan fingerprint density at radius 2 is 1.50 bits per heavy atom. The van der Waals surface area contributed by atoms with Gasteiger partial charge in [0.2, 0.25) is 5.89 Å². The number of para-hydroxylation sites is 1. The van der Waals surface area contributed by atoms with Gasteiger partial charge < -0.3 is 24.1 Å². The zero-order valence-electron chi connectivity index (χ0n) is 22.8. The summed E-state index contributed by atoms with van der Waals surface area (Å²) < 4.78 is 11.1. The predicted octanol–water partition coefficient (Wildman–Crippen LogP) is 1.06. The molecule has 10 nitrogen and oxygen atoms in total. The number of ether oxygens (including phenoxy) is 1. The molecule has 38 heavy (non-hydrogen) atoms. The highest BCUT2D eigenvalue weighted by molar-refractivity contribution is 5.92. The number of hydrogen-bond donors (Lipinski definition) is 1. The summed E-state index contributed by atoms with van der Waals surface area (Å²) in [6.07, 6.45) is 1.16. The number of aryl methyl sites for hydroxylation is 2. The Labute approximate surface area is 225 Å². The molecule has 3 fully saturated rings. The summed E-state index contributed by atoms with van der Waals surface area (Å²) in [5, 5.41) is 10.5. The Kier molecular flexibility index (Phi) is 8.96. The number of nitrogens with zero attached hydrogens (tertiary/aromatic N) is 6. The second-order valence-electron chi connectivity index (χ2n) is 10.8. The smallest absolute Gasteiger partial charge is 0.275 e. The molecule has 1 aromatic carbocycles. The Balaban J connectivity index is 1.05. The van der Waals surface area contributed by atoms with E-state index in [1.54, 1.807) is 0 Å². The molecule has 2 aromatic rings. The van der Waals surface area contributed by atoms with Crippen molar-refractivity contribution in [1.29, 1.82) is 0 Å². The fourth-order valence-corrected chi connectivity index (χ4v) is 5.84. The van der Waals surface area contributed by atoms with Crippen LogP contribution in [-0.4, -0.2) is 133 Å². The fourth-order valence-electron chi connectivity index (χ4n) is 5.84. The van der Waals surface area contributed by atoms with Gasteiger partial charge in [0.25, 0.3) is 5.91 Å². The maximum atomic E-state index is 13.1. The van der Waals surface area contributed by atoms with Crippen LogP contribution in [-0.2, 0) is 11.3 Å². The zero-order chi connectivity index (χ0) is 26.5. The normalized spacial score (nSPS) is 21.1. The number of carbonyl (C=O) groups is 1. The van der Waals surface area contributed by atoms with Crippen LogP contribution in [0.5, 0.6) is 0 Å². The van der Waals surface area contributed by atoms with Crippen molar-refractivity contribution >= 4 is 11.6 Å². The highest BCUT2D eigenvalue weighted by Gasteiger charge is 2.27. The van der Waals surface area contributed by atoms with Crippen molar-refractivity contribution in [3.05, 3.63) is 47.2 Å². The lowest BCUT2D eigenvalue weighted by atomic mass is 10.1. The maximum Gasteiger partial charge on any atom is 0.275 e. The van der Waals surface area contributed by atoms with E-state index in [2.05, 4.69) is 56.6 Å². The lowest BCUT2D eigenvalue weighted by Gasteiger charge is -2.37. The number of β-amino-alcohol motifs (C(OH)–C–C–N with tert-alkyl or cyclic N) is 1. The number of aromatic nitrogens is 1. The molecule has 1 amide bonds. The largest absolute Gasteiger partial charge is 0.447 e. The van der Waals surface area contributed by atoms with E-state index >= 15 is 0 Å². The van der Waals surface area contributed by atoms with E-state index in [-0.39, 0.29) is 12.0 Å². The topological polar surface area (TPSA) is 88.8 Å². The number of amides is 1. The number of morpholine rings is 1. The van der Waals surface area contributed by atoms with Crippen LogP contribution >= 0.6 is 0 Å². The number of piperazine rings is 2. The monoisotopic (exact) mass is 526 g/mol. The number of anilines is 1. The number of hydrogen-bond acceptors (Lipinski definition) is 9. The van der Waals surface area contributed by atoms with E-state index in [1.807, 2.05) is 4.90 Å². The van der Waals surface area contributed by atoms with Crippen molar-refractivity contribution in [2.75, 3.05) is 96.7 Å². The highest BCUT2D eigenvalue weighted by atomic mass is 16.5. The Morgan fingerprint density at radius 1 is 0.895 bits per heavy atom. The lowest BCUT2D eigenvalue weighted by Crippen LogP contribution is -2.50. The number of aliphatic hydroxyl groups excluding tert-OH is 1. The van der Waals surface area contributed by atoms with E-state index in [0.29, 0.717) is 44.3 Å². The van der Waals surface area contributed by atoms with E-state index in [4.69, 9.17) is 9.15 Å². The van der Waals surface area contributed by atoms with Gasteiger partial charge in [-0.3, -0.25) is 19.5 Å². The van der Waals surface area contributed by atoms with Gasteiger partial charge in [-0.1, -0.05) is 18.2 Å². The molecule has 208 valence electrons. The minimum absolute atomic E-state index is 0.0553. The molecular formula is C28H42N6O4. The van der Waals surface area contributed by atoms with Crippen molar-refractivity contribution in [3.8, 4) is 0 Å². The third kappa shape index (κ3) is 6.73. The van der Waals surface area contributed by atoms with Gasteiger partial charge in [-0.05, 0) is 25.0 Å². The molecule has 10 heteroatoms. The van der Waals surface area contributed by atoms with Crippen molar-refractivity contribution < 1.29 is 19.1 Å². The van der Waals surface area contributed by atoms with Gasteiger partial charge in [-0.2, -0.15) is 0 Å². The Morgan fingerprint density at radius 3 is 2.16 bits per heavy atom. The van der Waals surface area contributed by atoms with Crippen LogP contribution in [0.15, 0.2) is 28.9 Å². The number of carbonyl (C=O) groups excluding carboxylic acids is 1. The molecule has 1 aromatic heterocycles. The van der Waals surface area contributed by atoms with Crippen molar-refractivity contribution in [2.45, 2.75) is 26.5 Å². The molecule has 0 unspecified atom stereocenters. The molecule has 0 spiro atoms. The van der Waals surface area contributed by atoms with Crippen molar-refractivity contribution in [1.82, 2.24) is 24.6 Å². The van der Waals surface area contributed by atoms with E-state index < -0.39 is 0 Å². The number of rotatable bonds is 8. The van der Waals surface area contributed by atoms with Gasteiger partial charge >= 0.3 is 0 Å². The first-order chi connectivity index (χ1) is 18.5. The molecular weight excluding hydrogens is 484 g/mol. The van der Waals surface area contributed by atoms with Gasteiger partial charge in [0.15, 0.2) is 5.69 Å². The van der Waals surface area contributed by atoms with Gasteiger partial charge in [0, 0.05) is 84.2 Å². The molecule has 3 aliphatic heterocycles. The third-order valence-corrected chi connectivity index (χ3v) is 7.96. The average Bonchev–Trinajstić information content (AvgIpc) is 3.39. The molecule has 0 radical (unpaired) electrons. The van der Waals surface area contributed by atoms with Crippen LogP contribution in [0.3, 0.4) is 0 Å². The van der Waals surface area contributed by atoms with Crippen molar-refractivity contribution in [3.63, 3.8) is 0 Å². The molecule has 3 saturated heterocycles. The summed E-state index contributed by atoms with van der Waals surface area (Å²) in [5.74, 6) is 0.531. The molecule has 3 aliphatic rings. The van der Waals surface area contributed by atoms with Crippen LogP contribution in [0.1, 0.15) is 27.5 Å². The standard InChI is InChI=1S/C28H42N6O4/c1-22-4-3-5-23(2)27(22)33-10-12-34(13-11-33)28(36)25-21-38-26(29-25)20-31-8-6-30(7-9-31)18-24(35)19-32-14-16-37-17-15-32/h3-5,21,24,35H,6-20H2,1-2H3/t24-/m1/s1. The molecule has 1 atom stereocenters. The summed E-state index contributed by atoms with van der Waals surface area (Å²) in [4.78, 5) is 28.8. The number of aliphatic hydroxyl groups is 1. The molecule has 0 bridgehead atoms. The van der Waals surface area contributed by atoms with Gasteiger partial charge in [0.05, 0.1) is 25.9 Å². The third-order valence-electron chi connectivity index (χ3n) is 7.96. The van der Waals surface area contributed by atoms with Crippen LogP contribution in [0.25, 0.3) is 0 Å². The number of oxazole rings is 1. The first kappa shape index (κ1) is 27.1. The first-order valence-electron chi connectivity index (χ1n) is 13.9. The molecule has 1 N–H and O–H groups in total. The minimum Gasteiger partial charge on any atom is -0.447 e. The average molecular weight is 527 g/mol. The molecule has 0 saturated carbocycles. The summed E-state index contributed by atoms with van der Waals surface area (Å²) in [5.41, 5.74) is 4.23. The summed E-state index contributed by atoms with van der Waals surface area (Å²) >= 11 is 0. The first-order valence-corrected chi connectivity index (χ1v) is 13.9. The molecule has 4 heterocycles. The summed E-state index contributed by atoms with van der Waals surface area (Å²) in [7, 11) is 0. The quantitative estimate of drug-likeness (QED) is 0.543. The van der Waals surface area contributed by atoms with Gasteiger partial charge in [-0.25, -0.2) is 4.98 Å². The SMILES string of the molecule is Cc1cccc(C)c1N1CCN(C(=O)c2coc(CN3CCN(C[C@@H](O)CN4CCOCC4)CC3)n2)CC1. The zero-order valence-corrected chi connectivity index (χ0v) is 22.8. The van der Waals surface area contributed by atoms with Crippen LogP contribution in [0.2, 0.25) is 0 Å². The van der Waals surface area contributed by atoms with Gasteiger partial charge in [-0.15, -0.1) is 0 Å². The Bertz CT molecular complexity index is 1040. The highest BCUT2D eigenvalue weighted by Crippen LogP contribution is 2.26. The molecule has 5 rings (SSSR count). The summed E-state index contributed by atoms with van der Waals surface area (Å²) in [6.45, 7) is 16.1. The summed E-state index contributed by atoms with van der Waals surface area (Å²) in [6, 6.07) is 6.38. The maximum absolute atomic E-state index is 13.1.